The van der Waals surface area contributed by atoms with Crippen LogP contribution in [0, 0.1) is 0 Å². The third-order valence-electron chi connectivity index (χ3n) is 5.71. The molecule has 3 aromatic rings. The van der Waals surface area contributed by atoms with Crippen molar-refractivity contribution in [3.8, 4) is 17.2 Å². The summed E-state index contributed by atoms with van der Waals surface area (Å²) >= 11 is 1.71. The Morgan fingerprint density at radius 2 is 2.00 bits per heavy atom. The van der Waals surface area contributed by atoms with Crippen molar-refractivity contribution in [2.45, 2.75) is 37.7 Å². The fraction of sp³-hybridized carbons (Fsp3) is 0.440. The van der Waals surface area contributed by atoms with Crippen LogP contribution in [0.3, 0.4) is 0 Å². The highest BCUT2D eigenvalue weighted by molar-refractivity contribution is 7.98. The van der Waals surface area contributed by atoms with Crippen LogP contribution >= 0.6 is 11.8 Å². The lowest BCUT2D eigenvalue weighted by atomic mass is 10.2. The van der Waals surface area contributed by atoms with E-state index in [1.165, 1.54) is 5.69 Å². The number of nitrogens with zero attached hydrogens (tertiary/aromatic N) is 3. The van der Waals surface area contributed by atoms with Crippen LogP contribution < -0.4 is 15.0 Å². The molecule has 2 aromatic carbocycles. The molecule has 1 fully saturated rings. The SMILES string of the molecule is CCC(O)CNC1CCN(c2ccc(-c3nnc(CSCCOc4ccccc4)o3)cc2)C1. The zero-order valence-electron chi connectivity index (χ0n) is 19.0. The maximum atomic E-state index is 9.75. The molecule has 0 aliphatic carbocycles. The highest BCUT2D eigenvalue weighted by atomic mass is 32.2. The number of aliphatic hydroxyl groups is 1. The molecule has 7 nitrogen and oxygen atoms in total. The summed E-state index contributed by atoms with van der Waals surface area (Å²) in [6, 6.07) is 18.5. The number of hydrogen-bond donors (Lipinski definition) is 2. The Hall–Kier alpha value is -2.55. The number of rotatable bonds is 12. The van der Waals surface area contributed by atoms with Crippen LogP contribution in [0.2, 0.25) is 0 Å². The predicted octanol–water partition coefficient (Wildman–Crippen LogP) is 3.99. The van der Waals surface area contributed by atoms with Gasteiger partial charge >= 0.3 is 0 Å². The smallest absolute Gasteiger partial charge is 0.247 e. The van der Waals surface area contributed by atoms with Crippen LogP contribution in [0.1, 0.15) is 25.7 Å². The summed E-state index contributed by atoms with van der Waals surface area (Å²) in [4.78, 5) is 2.37. The van der Waals surface area contributed by atoms with Crippen molar-refractivity contribution in [1.29, 1.82) is 0 Å². The number of thioether (sulfide) groups is 1. The predicted molar refractivity (Wildman–Crippen MR) is 133 cm³/mol. The molecule has 1 aliphatic rings. The molecule has 2 N–H and O–H groups in total. The van der Waals surface area contributed by atoms with Gasteiger partial charge in [-0.3, -0.25) is 0 Å². The van der Waals surface area contributed by atoms with E-state index >= 15 is 0 Å². The molecule has 0 bridgehead atoms. The molecular weight excluding hydrogens is 436 g/mol. The van der Waals surface area contributed by atoms with Gasteiger partial charge in [-0.1, -0.05) is 25.1 Å². The van der Waals surface area contributed by atoms with Gasteiger partial charge in [0.2, 0.25) is 11.8 Å². The van der Waals surface area contributed by atoms with Gasteiger partial charge in [-0.05, 0) is 49.2 Å². The van der Waals surface area contributed by atoms with Gasteiger partial charge in [-0.15, -0.1) is 22.0 Å². The number of anilines is 1. The summed E-state index contributed by atoms with van der Waals surface area (Å²) in [5.74, 6) is 3.58. The summed E-state index contributed by atoms with van der Waals surface area (Å²) in [7, 11) is 0. The average Bonchev–Trinajstić information content (AvgIpc) is 3.53. The van der Waals surface area contributed by atoms with Crippen LogP contribution in [0.25, 0.3) is 11.5 Å². The minimum atomic E-state index is -0.265. The summed E-state index contributed by atoms with van der Waals surface area (Å²) in [6.07, 6.45) is 1.60. The molecule has 0 saturated carbocycles. The number of hydrogen-bond acceptors (Lipinski definition) is 8. The molecule has 0 spiro atoms. The van der Waals surface area contributed by atoms with Gasteiger partial charge in [-0.2, -0.15) is 0 Å². The number of aromatic nitrogens is 2. The number of nitrogens with one attached hydrogen (secondary N) is 1. The van der Waals surface area contributed by atoms with E-state index in [4.69, 9.17) is 9.15 Å². The minimum absolute atomic E-state index is 0.265. The van der Waals surface area contributed by atoms with Gasteiger partial charge in [-0.25, -0.2) is 0 Å². The van der Waals surface area contributed by atoms with E-state index in [9.17, 15) is 5.11 Å². The first-order chi connectivity index (χ1) is 16.2. The molecule has 4 rings (SSSR count). The molecule has 176 valence electrons. The van der Waals surface area contributed by atoms with Crippen LogP contribution in [-0.4, -0.2) is 59.4 Å². The lowest BCUT2D eigenvalue weighted by Crippen LogP contribution is -2.37. The molecular formula is C25H32N4O3S. The van der Waals surface area contributed by atoms with Crippen molar-refractivity contribution < 1.29 is 14.3 Å². The molecule has 1 aromatic heterocycles. The molecule has 33 heavy (non-hydrogen) atoms. The van der Waals surface area contributed by atoms with E-state index < -0.39 is 0 Å². The second-order valence-electron chi connectivity index (χ2n) is 8.16. The van der Waals surface area contributed by atoms with Crippen molar-refractivity contribution in [2.24, 2.45) is 0 Å². The Kier molecular flexibility index (Phi) is 8.63. The molecule has 2 heterocycles. The fourth-order valence-corrected chi connectivity index (χ4v) is 4.38. The normalized spacial score (nSPS) is 16.8. The second kappa shape index (κ2) is 12.1. The minimum Gasteiger partial charge on any atom is -0.493 e. The topological polar surface area (TPSA) is 83.7 Å². The van der Waals surface area contributed by atoms with Crippen LogP contribution in [0.5, 0.6) is 5.75 Å². The first-order valence-corrected chi connectivity index (χ1v) is 12.7. The molecule has 0 radical (unpaired) electrons. The van der Waals surface area contributed by atoms with E-state index in [0.29, 0.717) is 36.7 Å². The fourth-order valence-electron chi connectivity index (χ4n) is 3.75. The lowest BCUT2D eigenvalue weighted by molar-refractivity contribution is 0.164. The van der Waals surface area contributed by atoms with Crippen molar-refractivity contribution in [3.05, 3.63) is 60.5 Å². The molecule has 8 heteroatoms. The Balaban J connectivity index is 1.21. The van der Waals surface area contributed by atoms with Crippen molar-refractivity contribution in [1.82, 2.24) is 15.5 Å². The van der Waals surface area contributed by atoms with Crippen molar-refractivity contribution >= 4 is 17.4 Å². The van der Waals surface area contributed by atoms with Gasteiger partial charge in [0.1, 0.15) is 5.75 Å². The highest BCUT2D eigenvalue weighted by Gasteiger charge is 2.23. The van der Waals surface area contributed by atoms with Crippen molar-refractivity contribution in [3.63, 3.8) is 0 Å². The summed E-state index contributed by atoms with van der Waals surface area (Å²) in [6.45, 7) is 5.26. The third-order valence-corrected chi connectivity index (χ3v) is 6.62. The molecule has 2 atom stereocenters. The Labute approximate surface area is 199 Å². The zero-order chi connectivity index (χ0) is 22.9. The first kappa shape index (κ1) is 23.6. The molecule has 2 unspecified atom stereocenters. The van der Waals surface area contributed by atoms with Crippen LogP contribution in [0.15, 0.2) is 59.0 Å². The van der Waals surface area contributed by atoms with Gasteiger partial charge < -0.3 is 24.5 Å². The van der Waals surface area contributed by atoms with Crippen LogP contribution in [0.4, 0.5) is 5.69 Å². The summed E-state index contributed by atoms with van der Waals surface area (Å²) in [5, 5.41) is 21.6. The number of ether oxygens (including phenoxy) is 1. The Morgan fingerprint density at radius 1 is 1.18 bits per heavy atom. The van der Waals surface area contributed by atoms with E-state index in [1.807, 2.05) is 49.4 Å². The van der Waals surface area contributed by atoms with Gasteiger partial charge in [0.25, 0.3) is 0 Å². The number of aliphatic hydroxyl groups excluding tert-OH is 1. The van der Waals surface area contributed by atoms with E-state index in [0.717, 1.165) is 43.0 Å². The number of benzene rings is 2. The van der Waals surface area contributed by atoms with Crippen LogP contribution in [-0.2, 0) is 5.75 Å². The van der Waals surface area contributed by atoms with Gasteiger partial charge in [0.15, 0.2) is 0 Å². The lowest BCUT2D eigenvalue weighted by Gasteiger charge is -2.20. The van der Waals surface area contributed by atoms with Gasteiger partial charge in [0.05, 0.1) is 18.5 Å². The summed E-state index contributed by atoms with van der Waals surface area (Å²) in [5.41, 5.74) is 2.11. The second-order valence-corrected chi connectivity index (χ2v) is 9.27. The van der Waals surface area contributed by atoms with E-state index in [2.05, 4.69) is 32.5 Å². The Bertz CT molecular complexity index is 967. The van der Waals surface area contributed by atoms with E-state index in [1.54, 1.807) is 11.8 Å². The van der Waals surface area contributed by atoms with Gasteiger partial charge in [0, 0.05) is 42.7 Å². The Morgan fingerprint density at radius 3 is 2.79 bits per heavy atom. The largest absolute Gasteiger partial charge is 0.493 e. The highest BCUT2D eigenvalue weighted by Crippen LogP contribution is 2.25. The van der Waals surface area contributed by atoms with Crippen molar-refractivity contribution in [2.75, 3.05) is 36.9 Å². The monoisotopic (exact) mass is 468 g/mol. The zero-order valence-corrected chi connectivity index (χ0v) is 19.8. The maximum Gasteiger partial charge on any atom is 0.247 e. The molecule has 0 amide bonds. The first-order valence-electron chi connectivity index (χ1n) is 11.6. The number of para-hydroxylation sites is 1. The maximum absolute atomic E-state index is 9.75. The third kappa shape index (κ3) is 6.96. The summed E-state index contributed by atoms with van der Waals surface area (Å²) < 4.78 is 11.6. The molecule has 1 aliphatic heterocycles. The van der Waals surface area contributed by atoms with E-state index in [-0.39, 0.29) is 6.10 Å². The average molecular weight is 469 g/mol. The quantitative estimate of drug-likeness (QED) is 0.386. The molecule has 1 saturated heterocycles. The standard InChI is InChI=1S/C25H32N4O3S/c1-2-22(30)16-26-20-12-13-29(17-20)21-10-8-19(9-11-21)25-28-27-24(32-25)18-33-15-14-31-23-6-4-3-5-7-23/h3-11,20,22,26,30H,2,12-18H2,1H3.